The fourth-order valence-electron chi connectivity index (χ4n) is 2.04. The third-order valence-corrected chi connectivity index (χ3v) is 3.05. The smallest absolute Gasteiger partial charge is 0.261 e. The molecule has 1 N–H and O–H groups in total. The summed E-state index contributed by atoms with van der Waals surface area (Å²) in [6, 6.07) is 6.75. The lowest BCUT2D eigenvalue weighted by Gasteiger charge is -2.20. The van der Waals surface area contributed by atoms with Crippen molar-refractivity contribution in [2.75, 3.05) is 20.3 Å². The molecule has 96 valence electrons. The molecule has 5 nitrogen and oxygen atoms in total. The summed E-state index contributed by atoms with van der Waals surface area (Å²) in [5.74, 6) is -0.592. The van der Waals surface area contributed by atoms with Crippen molar-refractivity contribution in [1.29, 1.82) is 0 Å². The van der Waals surface area contributed by atoms with E-state index in [-0.39, 0.29) is 31.1 Å². The van der Waals surface area contributed by atoms with Crippen molar-refractivity contribution in [3.05, 3.63) is 35.4 Å². The van der Waals surface area contributed by atoms with Gasteiger partial charge in [0.15, 0.2) is 0 Å². The molecular weight excluding hydrogens is 234 g/mol. The van der Waals surface area contributed by atoms with Crippen LogP contribution in [0.4, 0.5) is 0 Å². The largest absolute Gasteiger partial charge is 0.396 e. The molecule has 0 aromatic heterocycles. The Morgan fingerprint density at radius 3 is 2.22 bits per heavy atom. The summed E-state index contributed by atoms with van der Waals surface area (Å²) in [6.07, 6.45) is 0.0568. The van der Waals surface area contributed by atoms with E-state index in [1.807, 2.05) is 0 Å². The highest BCUT2D eigenvalue weighted by molar-refractivity contribution is 6.21. The number of rotatable bonds is 5. The van der Waals surface area contributed by atoms with E-state index >= 15 is 0 Å². The molecule has 1 aliphatic rings. The second-order valence-electron chi connectivity index (χ2n) is 4.14. The zero-order chi connectivity index (χ0) is 13.1. The third-order valence-electron chi connectivity index (χ3n) is 3.05. The predicted molar refractivity (Wildman–Crippen MR) is 64.3 cm³/mol. The lowest BCUT2D eigenvalue weighted by atomic mass is 10.1. The first kappa shape index (κ1) is 12.7. The average Bonchev–Trinajstić information content (AvgIpc) is 2.64. The summed E-state index contributed by atoms with van der Waals surface area (Å²) >= 11 is 0. The van der Waals surface area contributed by atoms with E-state index in [4.69, 9.17) is 9.84 Å². The summed E-state index contributed by atoms with van der Waals surface area (Å²) < 4.78 is 5.14. The minimum Gasteiger partial charge on any atom is -0.396 e. The maximum Gasteiger partial charge on any atom is 0.261 e. The van der Waals surface area contributed by atoms with Crippen LogP contribution >= 0.6 is 0 Å². The number of amides is 2. The van der Waals surface area contributed by atoms with Gasteiger partial charge in [-0.1, -0.05) is 12.1 Å². The van der Waals surface area contributed by atoms with Gasteiger partial charge in [0.2, 0.25) is 0 Å². The Morgan fingerprint density at radius 2 is 1.78 bits per heavy atom. The summed E-state index contributed by atoms with van der Waals surface area (Å²) in [7, 11) is 1.50. The van der Waals surface area contributed by atoms with Gasteiger partial charge < -0.3 is 9.84 Å². The van der Waals surface area contributed by atoms with Crippen LogP contribution in [0.2, 0.25) is 0 Å². The Labute approximate surface area is 105 Å². The third kappa shape index (κ3) is 2.14. The molecule has 1 aromatic rings. The fraction of sp³-hybridized carbons (Fsp3) is 0.385. The Kier molecular flexibility index (Phi) is 3.74. The number of fused-ring (bicyclic) bond motifs is 1. The van der Waals surface area contributed by atoms with Gasteiger partial charge in [0.05, 0.1) is 23.8 Å². The number of aliphatic hydroxyl groups is 1. The molecule has 0 aliphatic carbocycles. The van der Waals surface area contributed by atoms with Crippen LogP contribution in [0, 0.1) is 0 Å². The molecule has 1 aliphatic heterocycles. The number of hydrogen-bond donors (Lipinski definition) is 1. The van der Waals surface area contributed by atoms with Gasteiger partial charge in [-0.3, -0.25) is 14.5 Å². The number of methoxy groups -OCH3 is 1. The highest BCUT2D eigenvalue weighted by Gasteiger charge is 2.36. The van der Waals surface area contributed by atoms with Crippen LogP contribution in [0.1, 0.15) is 27.1 Å². The van der Waals surface area contributed by atoms with Crippen molar-refractivity contribution >= 4 is 11.8 Å². The number of hydrogen-bond acceptors (Lipinski definition) is 4. The van der Waals surface area contributed by atoms with Crippen LogP contribution in [0.15, 0.2) is 24.3 Å². The first-order chi connectivity index (χ1) is 8.69. The molecule has 2 amide bonds. The first-order valence-electron chi connectivity index (χ1n) is 5.78. The lowest BCUT2D eigenvalue weighted by molar-refractivity contribution is 0.0361. The summed E-state index contributed by atoms with van der Waals surface area (Å²) in [6.45, 7) is 0.130. The Morgan fingerprint density at radius 1 is 1.22 bits per heavy atom. The molecule has 1 heterocycles. The zero-order valence-corrected chi connectivity index (χ0v) is 10.1. The van der Waals surface area contributed by atoms with Crippen molar-refractivity contribution in [2.45, 2.75) is 12.5 Å². The summed E-state index contributed by atoms with van der Waals surface area (Å²) in [5, 5.41) is 8.88. The summed E-state index contributed by atoms with van der Waals surface area (Å²) in [4.78, 5) is 25.3. The first-order valence-corrected chi connectivity index (χ1v) is 5.78. The van der Waals surface area contributed by atoms with E-state index < -0.39 is 0 Å². The molecule has 2 rings (SSSR count). The monoisotopic (exact) mass is 249 g/mol. The van der Waals surface area contributed by atoms with Gasteiger partial charge in [0.1, 0.15) is 0 Å². The molecular formula is C13H15NO4. The highest BCUT2D eigenvalue weighted by atomic mass is 16.5. The van der Waals surface area contributed by atoms with Gasteiger partial charge in [-0.25, -0.2) is 0 Å². The second kappa shape index (κ2) is 5.29. The van der Waals surface area contributed by atoms with Gasteiger partial charge in [-0.2, -0.15) is 0 Å². The molecule has 0 saturated carbocycles. The minimum atomic E-state index is -0.336. The van der Waals surface area contributed by atoms with Crippen molar-refractivity contribution in [3.8, 4) is 0 Å². The zero-order valence-electron chi connectivity index (χ0n) is 10.1. The van der Waals surface area contributed by atoms with Gasteiger partial charge in [-0.15, -0.1) is 0 Å². The standard InChI is InChI=1S/C13H15NO4/c1-18-9(6-7-15)8-14-12(16)10-4-2-3-5-11(10)13(14)17/h2-5,9,15H,6-8H2,1H3. The fourth-order valence-corrected chi connectivity index (χ4v) is 2.04. The van der Waals surface area contributed by atoms with Crippen LogP contribution in [0.3, 0.4) is 0 Å². The van der Waals surface area contributed by atoms with Crippen molar-refractivity contribution in [2.24, 2.45) is 0 Å². The molecule has 18 heavy (non-hydrogen) atoms. The van der Waals surface area contributed by atoms with Gasteiger partial charge >= 0.3 is 0 Å². The number of aliphatic hydroxyl groups excluding tert-OH is 1. The van der Waals surface area contributed by atoms with Crippen LogP contribution < -0.4 is 0 Å². The number of imide groups is 1. The molecule has 0 saturated heterocycles. The van der Waals surface area contributed by atoms with Crippen molar-refractivity contribution < 1.29 is 19.4 Å². The number of ether oxygens (including phenoxy) is 1. The molecule has 1 unspecified atom stereocenters. The van der Waals surface area contributed by atoms with E-state index in [0.717, 1.165) is 0 Å². The number of carbonyl (C=O) groups is 2. The second-order valence-corrected chi connectivity index (χ2v) is 4.14. The SMILES string of the molecule is COC(CCO)CN1C(=O)c2ccccc2C1=O. The van der Waals surface area contributed by atoms with Crippen LogP contribution in [-0.4, -0.2) is 48.2 Å². The number of nitrogens with zero attached hydrogens (tertiary/aromatic N) is 1. The van der Waals surface area contributed by atoms with E-state index in [0.29, 0.717) is 17.5 Å². The molecule has 5 heteroatoms. The van der Waals surface area contributed by atoms with E-state index in [1.165, 1.54) is 12.0 Å². The molecule has 1 atom stereocenters. The topological polar surface area (TPSA) is 66.8 Å². The van der Waals surface area contributed by atoms with Crippen molar-refractivity contribution in [3.63, 3.8) is 0 Å². The number of carbonyl (C=O) groups excluding carboxylic acids is 2. The van der Waals surface area contributed by atoms with Gasteiger partial charge in [0, 0.05) is 13.7 Å². The van der Waals surface area contributed by atoms with Gasteiger partial charge in [0.25, 0.3) is 11.8 Å². The van der Waals surface area contributed by atoms with E-state index in [9.17, 15) is 9.59 Å². The molecule has 1 aromatic carbocycles. The Hall–Kier alpha value is -1.72. The predicted octanol–water partition coefficient (Wildman–Crippen LogP) is 0.680. The molecule has 0 bridgehead atoms. The normalized spacial score (nSPS) is 16.0. The van der Waals surface area contributed by atoms with Crippen molar-refractivity contribution in [1.82, 2.24) is 4.90 Å². The van der Waals surface area contributed by atoms with E-state index in [1.54, 1.807) is 24.3 Å². The minimum absolute atomic E-state index is 0.0400. The average molecular weight is 249 g/mol. The maximum atomic E-state index is 12.0. The lowest BCUT2D eigenvalue weighted by Crippen LogP contribution is -2.38. The molecule has 0 spiro atoms. The van der Waals surface area contributed by atoms with Crippen LogP contribution in [-0.2, 0) is 4.74 Å². The molecule has 0 radical (unpaired) electrons. The number of benzene rings is 1. The highest BCUT2D eigenvalue weighted by Crippen LogP contribution is 2.23. The maximum absolute atomic E-state index is 12.0. The van der Waals surface area contributed by atoms with Gasteiger partial charge in [-0.05, 0) is 18.6 Å². The Bertz CT molecular complexity index is 437. The Balaban J connectivity index is 2.18. The summed E-state index contributed by atoms with van der Waals surface area (Å²) in [5.41, 5.74) is 0.864. The molecule has 0 fully saturated rings. The van der Waals surface area contributed by atoms with Crippen LogP contribution in [0.25, 0.3) is 0 Å². The van der Waals surface area contributed by atoms with Crippen LogP contribution in [0.5, 0.6) is 0 Å². The van der Waals surface area contributed by atoms with E-state index in [2.05, 4.69) is 0 Å². The quantitative estimate of drug-likeness (QED) is 0.779.